The zero-order valence-electron chi connectivity index (χ0n) is 16.4. The van der Waals surface area contributed by atoms with Crippen molar-refractivity contribution in [1.29, 1.82) is 0 Å². The second-order valence-electron chi connectivity index (χ2n) is 6.59. The van der Waals surface area contributed by atoms with Gasteiger partial charge in [-0.3, -0.25) is 14.4 Å². The molecule has 0 fully saturated rings. The predicted molar refractivity (Wildman–Crippen MR) is 111 cm³/mol. The number of carbonyl (C=O) groups excluding carboxylic acids is 3. The van der Waals surface area contributed by atoms with Crippen LogP contribution in [0.4, 0.5) is 11.4 Å². The molecule has 148 valence electrons. The summed E-state index contributed by atoms with van der Waals surface area (Å²) in [7, 11) is 0. The lowest BCUT2D eigenvalue weighted by atomic mass is 10.1. The van der Waals surface area contributed by atoms with Gasteiger partial charge in [0.15, 0.2) is 0 Å². The fourth-order valence-corrected chi connectivity index (χ4v) is 2.89. The van der Waals surface area contributed by atoms with Gasteiger partial charge in [0.25, 0.3) is 0 Å². The van der Waals surface area contributed by atoms with Crippen LogP contribution in [0.25, 0.3) is 0 Å². The van der Waals surface area contributed by atoms with Gasteiger partial charge in [0, 0.05) is 44.7 Å². The van der Waals surface area contributed by atoms with E-state index in [0.717, 1.165) is 12.8 Å². The molecule has 3 amide bonds. The van der Waals surface area contributed by atoms with Crippen molar-refractivity contribution in [2.75, 3.05) is 23.3 Å². The summed E-state index contributed by atoms with van der Waals surface area (Å²) >= 11 is 0. The third-order valence-electron chi connectivity index (χ3n) is 4.23. The fraction of sp³-hybridized carbons (Fsp3) is 0.318. The molecule has 2 N–H and O–H groups in total. The molecule has 0 aliphatic heterocycles. The molecular weight excluding hydrogens is 354 g/mol. The fourth-order valence-electron chi connectivity index (χ4n) is 2.89. The smallest absolute Gasteiger partial charge is 0.223 e. The number of amides is 3. The Hall–Kier alpha value is -3.15. The van der Waals surface area contributed by atoms with Crippen molar-refractivity contribution < 1.29 is 14.4 Å². The molecule has 6 nitrogen and oxygen atoms in total. The SMILES string of the molecule is CC(=O)Nc1cccc(N(CCC(=O)NCCCc2ccccc2)C(C)=O)c1. The Balaban J connectivity index is 1.81. The van der Waals surface area contributed by atoms with E-state index in [4.69, 9.17) is 0 Å². The van der Waals surface area contributed by atoms with Crippen LogP contribution in [-0.2, 0) is 20.8 Å². The molecule has 0 aliphatic carbocycles. The first-order valence-electron chi connectivity index (χ1n) is 9.42. The van der Waals surface area contributed by atoms with Crippen LogP contribution in [0.1, 0.15) is 32.3 Å². The van der Waals surface area contributed by atoms with Gasteiger partial charge in [-0.2, -0.15) is 0 Å². The van der Waals surface area contributed by atoms with E-state index in [2.05, 4.69) is 22.8 Å². The Kier molecular flexibility index (Phi) is 8.21. The van der Waals surface area contributed by atoms with Crippen molar-refractivity contribution in [3.05, 3.63) is 60.2 Å². The summed E-state index contributed by atoms with van der Waals surface area (Å²) < 4.78 is 0. The highest BCUT2D eigenvalue weighted by Gasteiger charge is 2.14. The van der Waals surface area contributed by atoms with Crippen LogP contribution in [0.5, 0.6) is 0 Å². The molecular formula is C22H27N3O3. The number of nitrogens with one attached hydrogen (secondary N) is 2. The van der Waals surface area contributed by atoms with E-state index in [0.29, 0.717) is 17.9 Å². The van der Waals surface area contributed by atoms with Crippen LogP contribution < -0.4 is 15.5 Å². The third kappa shape index (κ3) is 7.23. The average molecular weight is 381 g/mol. The molecule has 0 atom stereocenters. The van der Waals surface area contributed by atoms with Gasteiger partial charge in [0.2, 0.25) is 17.7 Å². The number of anilines is 2. The number of benzene rings is 2. The van der Waals surface area contributed by atoms with E-state index in [9.17, 15) is 14.4 Å². The Morgan fingerprint density at radius 3 is 2.39 bits per heavy atom. The topological polar surface area (TPSA) is 78.5 Å². The molecule has 0 bridgehead atoms. The summed E-state index contributed by atoms with van der Waals surface area (Å²) in [5.74, 6) is -0.421. The van der Waals surface area contributed by atoms with Gasteiger partial charge in [0.1, 0.15) is 0 Å². The van der Waals surface area contributed by atoms with E-state index in [-0.39, 0.29) is 30.7 Å². The molecule has 2 rings (SSSR count). The molecule has 0 unspecified atom stereocenters. The van der Waals surface area contributed by atoms with E-state index in [1.54, 1.807) is 24.3 Å². The van der Waals surface area contributed by atoms with Crippen LogP contribution in [0.15, 0.2) is 54.6 Å². The van der Waals surface area contributed by atoms with Crippen LogP contribution in [0, 0.1) is 0 Å². The van der Waals surface area contributed by atoms with Crippen LogP contribution in [-0.4, -0.2) is 30.8 Å². The average Bonchev–Trinajstić information content (AvgIpc) is 2.66. The molecule has 0 aliphatic rings. The molecule has 2 aromatic carbocycles. The Morgan fingerprint density at radius 1 is 0.964 bits per heavy atom. The first-order chi connectivity index (χ1) is 13.5. The lowest BCUT2D eigenvalue weighted by Crippen LogP contribution is -2.34. The van der Waals surface area contributed by atoms with Gasteiger partial charge in [-0.25, -0.2) is 0 Å². The number of rotatable bonds is 9. The molecule has 0 radical (unpaired) electrons. The molecule has 0 saturated heterocycles. The summed E-state index contributed by atoms with van der Waals surface area (Å²) in [6.07, 6.45) is 2.00. The van der Waals surface area contributed by atoms with Gasteiger partial charge in [-0.1, -0.05) is 36.4 Å². The summed E-state index contributed by atoms with van der Waals surface area (Å²) in [5, 5.41) is 5.60. The Labute approximate surface area is 165 Å². The van der Waals surface area contributed by atoms with E-state index in [1.165, 1.54) is 24.3 Å². The number of aryl methyl sites for hydroxylation is 1. The zero-order chi connectivity index (χ0) is 20.4. The first kappa shape index (κ1) is 21.2. The number of hydrogen-bond acceptors (Lipinski definition) is 3. The van der Waals surface area contributed by atoms with Crippen molar-refractivity contribution in [3.8, 4) is 0 Å². The highest BCUT2D eigenvalue weighted by Crippen LogP contribution is 2.20. The maximum absolute atomic E-state index is 12.1. The molecule has 0 saturated carbocycles. The number of hydrogen-bond donors (Lipinski definition) is 2. The zero-order valence-corrected chi connectivity index (χ0v) is 16.4. The minimum Gasteiger partial charge on any atom is -0.356 e. The minimum atomic E-state index is -0.179. The van der Waals surface area contributed by atoms with Crippen molar-refractivity contribution in [2.24, 2.45) is 0 Å². The molecule has 28 heavy (non-hydrogen) atoms. The summed E-state index contributed by atoms with van der Waals surface area (Å²) in [6.45, 7) is 3.77. The Bertz CT molecular complexity index is 806. The summed E-state index contributed by atoms with van der Waals surface area (Å²) in [6, 6.07) is 17.2. The van der Waals surface area contributed by atoms with Gasteiger partial charge < -0.3 is 15.5 Å². The third-order valence-corrected chi connectivity index (χ3v) is 4.23. The normalized spacial score (nSPS) is 10.2. The predicted octanol–water partition coefficient (Wildman–Crippen LogP) is 3.14. The van der Waals surface area contributed by atoms with Crippen molar-refractivity contribution in [3.63, 3.8) is 0 Å². The van der Waals surface area contributed by atoms with Crippen LogP contribution in [0.2, 0.25) is 0 Å². The summed E-state index contributed by atoms with van der Waals surface area (Å²) in [5.41, 5.74) is 2.51. The maximum atomic E-state index is 12.1. The molecule has 0 heterocycles. The monoisotopic (exact) mass is 381 g/mol. The van der Waals surface area contributed by atoms with Gasteiger partial charge in [-0.15, -0.1) is 0 Å². The highest BCUT2D eigenvalue weighted by atomic mass is 16.2. The van der Waals surface area contributed by atoms with Crippen LogP contribution >= 0.6 is 0 Å². The second kappa shape index (κ2) is 10.9. The number of nitrogens with zero attached hydrogens (tertiary/aromatic N) is 1. The lowest BCUT2D eigenvalue weighted by molar-refractivity contribution is -0.121. The first-order valence-corrected chi connectivity index (χ1v) is 9.42. The lowest BCUT2D eigenvalue weighted by Gasteiger charge is -2.21. The Morgan fingerprint density at radius 2 is 1.71 bits per heavy atom. The van der Waals surface area contributed by atoms with Gasteiger partial charge >= 0.3 is 0 Å². The standard InChI is InChI=1S/C22H27N3O3/c1-17(26)24-20-11-6-12-21(16-20)25(18(2)27)15-13-22(28)23-14-7-10-19-8-4-3-5-9-19/h3-6,8-9,11-12,16H,7,10,13-15H2,1-2H3,(H,23,28)(H,24,26). The molecule has 0 aromatic heterocycles. The van der Waals surface area contributed by atoms with Crippen molar-refractivity contribution in [1.82, 2.24) is 5.32 Å². The van der Waals surface area contributed by atoms with E-state index < -0.39 is 0 Å². The van der Waals surface area contributed by atoms with Crippen molar-refractivity contribution in [2.45, 2.75) is 33.1 Å². The minimum absolute atomic E-state index is 0.0858. The summed E-state index contributed by atoms with van der Waals surface area (Å²) in [4.78, 5) is 36.9. The molecule has 2 aromatic rings. The van der Waals surface area contributed by atoms with E-state index >= 15 is 0 Å². The van der Waals surface area contributed by atoms with E-state index in [1.807, 2.05) is 18.2 Å². The van der Waals surface area contributed by atoms with Crippen molar-refractivity contribution >= 4 is 29.1 Å². The van der Waals surface area contributed by atoms with Gasteiger partial charge in [-0.05, 0) is 36.6 Å². The van der Waals surface area contributed by atoms with Crippen LogP contribution in [0.3, 0.4) is 0 Å². The molecule has 6 heteroatoms. The quantitative estimate of drug-likeness (QED) is 0.655. The largest absolute Gasteiger partial charge is 0.356 e. The number of carbonyl (C=O) groups is 3. The maximum Gasteiger partial charge on any atom is 0.223 e. The molecule has 0 spiro atoms. The second-order valence-corrected chi connectivity index (χ2v) is 6.59. The highest BCUT2D eigenvalue weighted by molar-refractivity contribution is 5.94. The van der Waals surface area contributed by atoms with Gasteiger partial charge in [0.05, 0.1) is 0 Å².